The van der Waals surface area contributed by atoms with E-state index in [0.717, 1.165) is 11.3 Å². The maximum atomic E-state index is 11.0. The summed E-state index contributed by atoms with van der Waals surface area (Å²) in [6.45, 7) is 1.50. The molecule has 1 amide bonds. The number of aliphatic hydroxyl groups is 1. The molecule has 0 fully saturated rings. The fourth-order valence-corrected chi connectivity index (χ4v) is 1.40. The lowest BCUT2D eigenvalue weighted by molar-refractivity contribution is 0.181. The molecule has 1 rings (SSSR count). The van der Waals surface area contributed by atoms with Gasteiger partial charge in [0.25, 0.3) is 0 Å². The van der Waals surface area contributed by atoms with Crippen molar-refractivity contribution in [3.05, 3.63) is 23.8 Å². The predicted octanol–water partition coefficient (Wildman–Crippen LogP) is 1.10. The molecule has 0 aliphatic heterocycles. The fourth-order valence-electron chi connectivity index (χ4n) is 1.40. The van der Waals surface area contributed by atoms with E-state index in [2.05, 4.69) is 5.32 Å². The zero-order valence-corrected chi connectivity index (χ0v) is 9.65. The lowest BCUT2D eigenvalue weighted by atomic mass is 10.2. The van der Waals surface area contributed by atoms with Crippen molar-refractivity contribution in [2.75, 3.05) is 25.7 Å². The Balaban J connectivity index is 2.77. The first-order valence-electron chi connectivity index (χ1n) is 4.89. The van der Waals surface area contributed by atoms with Crippen molar-refractivity contribution in [2.24, 2.45) is 0 Å². The van der Waals surface area contributed by atoms with Gasteiger partial charge in [-0.2, -0.15) is 0 Å². The molecule has 0 saturated carbocycles. The molecule has 16 heavy (non-hydrogen) atoms. The van der Waals surface area contributed by atoms with Crippen LogP contribution in [0.15, 0.2) is 18.2 Å². The molecule has 5 heteroatoms. The van der Waals surface area contributed by atoms with Crippen LogP contribution in [0.3, 0.4) is 0 Å². The summed E-state index contributed by atoms with van der Waals surface area (Å²) in [7, 11) is 3.89. The van der Waals surface area contributed by atoms with E-state index in [1.54, 1.807) is 12.1 Å². The summed E-state index contributed by atoms with van der Waals surface area (Å²) in [5.41, 5.74) is 2.08. The number of aliphatic hydroxyl groups excluding tert-OH is 1. The molecule has 0 heterocycles. The van der Waals surface area contributed by atoms with Crippen LogP contribution in [0.25, 0.3) is 0 Å². The van der Waals surface area contributed by atoms with Gasteiger partial charge in [0, 0.05) is 19.8 Å². The van der Waals surface area contributed by atoms with Crippen molar-refractivity contribution in [3.63, 3.8) is 0 Å². The summed E-state index contributed by atoms with van der Waals surface area (Å²) in [6, 6.07) is 5.35. The Morgan fingerprint density at radius 1 is 1.50 bits per heavy atom. The van der Waals surface area contributed by atoms with E-state index in [1.807, 2.05) is 32.0 Å². The molecule has 88 valence electrons. The predicted molar refractivity (Wildman–Crippen MR) is 61.8 cm³/mol. The van der Waals surface area contributed by atoms with Gasteiger partial charge in [-0.25, -0.2) is 4.79 Å². The van der Waals surface area contributed by atoms with Crippen LogP contribution in [-0.4, -0.2) is 32.0 Å². The van der Waals surface area contributed by atoms with Gasteiger partial charge in [-0.3, -0.25) is 5.32 Å². The van der Waals surface area contributed by atoms with Crippen molar-refractivity contribution in [3.8, 4) is 5.75 Å². The molecule has 1 aromatic rings. The average molecular weight is 224 g/mol. The maximum Gasteiger partial charge on any atom is 0.414 e. The van der Waals surface area contributed by atoms with Gasteiger partial charge in [0.1, 0.15) is 12.5 Å². The molecular weight excluding hydrogens is 208 g/mol. The van der Waals surface area contributed by atoms with Gasteiger partial charge in [-0.15, -0.1) is 0 Å². The minimum absolute atomic E-state index is 0.437. The van der Waals surface area contributed by atoms with Crippen LogP contribution in [0.1, 0.15) is 5.56 Å². The van der Waals surface area contributed by atoms with E-state index in [0.29, 0.717) is 5.75 Å². The molecule has 0 radical (unpaired) electrons. The molecule has 0 saturated heterocycles. The second kappa shape index (κ2) is 5.37. The van der Waals surface area contributed by atoms with Crippen LogP contribution in [0.2, 0.25) is 0 Å². The first-order valence-corrected chi connectivity index (χ1v) is 4.89. The Bertz CT molecular complexity index is 377. The Kier molecular flexibility index (Phi) is 4.13. The monoisotopic (exact) mass is 224 g/mol. The minimum Gasteiger partial charge on any atom is -0.410 e. The van der Waals surface area contributed by atoms with E-state index in [4.69, 9.17) is 9.84 Å². The number of nitrogens with zero attached hydrogens (tertiary/aromatic N) is 1. The topological polar surface area (TPSA) is 61.8 Å². The standard InChI is InChI=1S/C11H16N2O3/c1-8-6-9(16-11(15)12-7-14)4-5-10(8)13(2)3/h4-6,14H,7H2,1-3H3,(H,12,15). The Labute approximate surface area is 94.6 Å². The van der Waals surface area contributed by atoms with Crippen LogP contribution < -0.4 is 15.0 Å². The smallest absolute Gasteiger partial charge is 0.410 e. The minimum atomic E-state index is -0.667. The molecule has 0 unspecified atom stereocenters. The SMILES string of the molecule is Cc1cc(OC(=O)NCO)ccc1N(C)C. The lowest BCUT2D eigenvalue weighted by Gasteiger charge is -2.16. The van der Waals surface area contributed by atoms with E-state index in [-0.39, 0.29) is 0 Å². The van der Waals surface area contributed by atoms with Gasteiger partial charge >= 0.3 is 6.09 Å². The fraction of sp³-hybridized carbons (Fsp3) is 0.364. The van der Waals surface area contributed by atoms with E-state index < -0.39 is 12.8 Å². The van der Waals surface area contributed by atoms with Crippen LogP contribution in [0.5, 0.6) is 5.75 Å². The quantitative estimate of drug-likeness (QED) is 0.755. The summed E-state index contributed by atoms with van der Waals surface area (Å²) in [6.07, 6.45) is -0.667. The summed E-state index contributed by atoms with van der Waals surface area (Å²) < 4.78 is 4.94. The molecule has 2 N–H and O–H groups in total. The summed E-state index contributed by atoms with van der Waals surface area (Å²) in [5, 5.41) is 10.6. The highest BCUT2D eigenvalue weighted by Crippen LogP contribution is 2.23. The van der Waals surface area contributed by atoms with Gasteiger partial charge < -0.3 is 14.7 Å². The molecular formula is C11H16N2O3. The number of nitrogens with one attached hydrogen (secondary N) is 1. The number of hydrogen-bond donors (Lipinski definition) is 2. The summed E-state index contributed by atoms with van der Waals surface area (Å²) in [4.78, 5) is 13.0. The van der Waals surface area contributed by atoms with Crippen LogP contribution >= 0.6 is 0 Å². The summed E-state index contributed by atoms with van der Waals surface area (Å²) >= 11 is 0. The second-order valence-electron chi connectivity index (χ2n) is 3.57. The highest BCUT2D eigenvalue weighted by Gasteiger charge is 2.06. The highest BCUT2D eigenvalue weighted by atomic mass is 16.6. The molecule has 0 aromatic heterocycles. The van der Waals surface area contributed by atoms with Crippen LogP contribution in [0.4, 0.5) is 10.5 Å². The molecule has 1 aromatic carbocycles. The molecule has 5 nitrogen and oxygen atoms in total. The first-order chi connectivity index (χ1) is 7.54. The maximum absolute atomic E-state index is 11.0. The zero-order chi connectivity index (χ0) is 12.1. The van der Waals surface area contributed by atoms with Crippen molar-refractivity contribution in [1.82, 2.24) is 5.32 Å². The van der Waals surface area contributed by atoms with Crippen LogP contribution in [-0.2, 0) is 0 Å². The Hall–Kier alpha value is -1.75. The van der Waals surface area contributed by atoms with Gasteiger partial charge in [0.05, 0.1) is 0 Å². The zero-order valence-electron chi connectivity index (χ0n) is 9.65. The Morgan fingerprint density at radius 3 is 2.69 bits per heavy atom. The van der Waals surface area contributed by atoms with Crippen molar-refractivity contribution in [2.45, 2.75) is 6.92 Å². The summed E-state index contributed by atoms with van der Waals surface area (Å²) in [5.74, 6) is 0.453. The number of amides is 1. The van der Waals surface area contributed by atoms with Gasteiger partial charge in [0.15, 0.2) is 0 Å². The molecule has 0 aliphatic carbocycles. The number of ether oxygens (including phenoxy) is 1. The number of anilines is 1. The number of benzene rings is 1. The number of hydrogen-bond acceptors (Lipinski definition) is 4. The Morgan fingerprint density at radius 2 is 2.19 bits per heavy atom. The second-order valence-corrected chi connectivity index (χ2v) is 3.57. The van der Waals surface area contributed by atoms with Crippen molar-refractivity contribution in [1.29, 1.82) is 0 Å². The van der Waals surface area contributed by atoms with Crippen molar-refractivity contribution >= 4 is 11.8 Å². The first kappa shape index (κ1) is 12.3. The van der Waals surface area contributed by atoms with Gasteiger partial charge in [-0.1, -0.05) is 0 Å². The average Bonchev–Trinajstić information content (AvgIpc) is 2.17. The van der Waals surface area contributed by atoms with Crippen molar-refractivity contribution < 1.29 is 14.6 Å². The molecule has 0 bridgehead atoms. The molecule has 0 aliphatic rings. The number of carbonyl (C=O) groups is 1. The number of carbonyl (C=O) groups excluding carboxylic acids is 1. The molecule has 0 spiro atoms. The van der Waals surface area contributed by atoms with Gasteiger partial charge in [-0.05, 0) is 30.7 Å². The third-order valence-electron chi connectivity index (χ3n) is 2.08. The van der Waals surface area contributed by atoms with E-state index in [1.165, 1.54) is 0 Å². The molecule has 0 atom stereocenters. The largest absolute Gasteiger partial charge is 0.414 e. The third kappa shape index (κ3) is 3.13. The number of rotatable bonds is 3. The van der Waals surface area contributed by atoms with Crippen LogP contribution in [0, 0.1) is 6.92 Å². The third-order valence-corrected chi connectivity index (χ3v) is 2.08. The van der Waals surface area contributed by atoms with Gasteiger partial charge in [0.2, 0.25) is 0 Å². The normalized spacial score (nSPS) is 9.75. The lowest BCUT2D eigenvalue weighted by Crippen LogP contribution is -2.27. The highest BCUT2D eigenvalue weighted by molar-refractivity contribution is 5.70. The van der Waals surface area contributed by atoms with E-state index in [9.17, 15) is 4.79 Å². The number of aryl methyl sites for hydroxylation is 1. The van der Waals surface area contributed by atoms with E-state index >= 15 is 0 Å².